The van der Waals surface area contributed by atoms with Crippen molar-refractivity contribution in [2.45, 2.75) is 13.3 Å². The number of ether oxygens (including phenoxy) is 1. The zero-order chi connectivity index (χ0) is 18.9. The van der Waals surface area contributed by atoms with Gasteiger partial charge in [0.05, 0.1) is 0 Å². The number of rotatable bonds is 3. The van der Waals surface area contributed by atoms with Gasteiger partial charge in [-0.3, -0.25) is 9.36 Å². The van der Waals surface area contributed by atoms with E-state index < -0.39 is 6.36 Å². The molecule has 0 saturated heterocycles. The number of aryl methyl sites for hydroxylation is 1. The summed E-state index contributed by atoms with van der Waals surface area (Å²) in [7, 11) is 0. The van der Waals surface area contributed by atoms with Gasteiger partial charge in [0.1, 0.15) is 5.75 Å². The van der Waals surface area contributed by atoms with Crippen LogP contribution >= 0.6 is 11.6 Å². The molecule has 7 heteroatoms. The molecule has 3 nitrogen and oxygen atoms in total. The highest BCUT2D eigenvalue weighted by Gasteiger charge is 2.31. The summed E-state index contributed by atoms with van der Waals surface area (Å²) in [6, 6.07) is 13.8. The highest BCUT2D eigenvalue weighted by Crippen LogP contribution is 2.27. The first-order valence-electron chi connectivity index (χ1n) is 7.58. The highest BCUT2D eigenvalue weighted by molar-refractivity contribution is 6.30. The Bertz CT molecular complexity index is 995. The largest absolute Gasteiger partial charge is 0.573 e. The molecule has 0 aliphatic rings. The Morgan fingerprint density at radius 2 is 1.73 bits per heavy atom. The average molecular weight is 380 g/mol. The molecule has 3 rings (SSSR count). The van der Waals surface area contributed by atoms with E-state index in [0.717, 1.165) is 28.8 Å². The maximum atomic E-state index is 12.3. The van der Waals surface area contributed by atoms with E-state index >= 15 is 0 Å². The lowest BCUT2D eigenvalue weighted by molar-refractivity contribution is -0.274. The number of benzene rings is 2. The Morgan fingerprint density at radius 1 is 1.04 bits per heavy atom. The maximum Gasteiger partial charge on any atom is 0.573 e. The summed E-state index contributed by atoms with van der Waals surface area (Å²) in [4.78, 5) is 12.3. The van der Waals surface area contributed by atoms with Gasteiger partial charge < -0.3 is 4.74 Å². The fraction of sp³-hybridized carbons (Fsp3) is 0.105. The van der Waals surface area contributed by atoms with Crippen molar-refractivity contribution in [3.05, 3.63) is 81.7 Å². The molecule has 0 aliphatic heterocycles. The molecule has 134 valence electrons. The highest BCUT2D eigenvalue weighted by atomic mass is 35.5. The van der Waals surface area contributed by atoms with E-state index in [9.17, 15) is 18.0 Å². The molecule has 1 heterocycles. The van der Waals surface area contributed by atoms with Crippen molar-refractivity contribution in [2.24, 2.45) is 0 Å². The fourth-order valence-corrected chi connectivity index (χ4v) is 2.79. The number of pyridine rings is 1. The van der Waals surface area contributed by atoms with Gasteiger partial charge in [-0.05, 0) is 54.4 Å². The van der Waals surface area contributed by atoms with Crippen LogP contribution in [0.25, 0.3) is 16.8 Å². The Balaban J connectivity index is 2.03. The molecule has 0 fully saturated rings. The Hall–Kier alpha value is -2.73. The van der Waals surface area contributed by atoms with Crippen molar-refractivity contribution in [3.8, 4) is 22.6 Å². The zero-order valence-electron chi connectivity index (χ0n) is 13.5. The van der Waals surface area contributed by atoms with Crippen molar-refractivity contribution in [1.82, 2.24) is 4.57 Å². The topological polar surface area (TPSA) is 31.2 Å². The smallest absolute Gasteiger partial charge is 0.406 e. The van der Waals surface area contributed by atoms with Crippen LogP contribution in [0, 0.1) is 6.92 Å². The first-order chi connectivity index (χ1) is 12.2. The average Bonchev–Trinajstić information content (AvgIpc) is 2.54. The molecule has 26 heavy (non-hydrogen) atoms. The van der Waals surface area contributed by atoms with Crippen molar-refractivity contribution in [3.63, 3.8) is 0 Å². The maximum absolute atomic E-state index is 12.3. The lowest BCUT2D eigenvalue weighted by Gasteiger charge is -2.13. The fourth-order valence-electron chi connectivity index (χ4n) is 2.60. The molecule has 0 atom stereocenters. The van der Waals surface area contributed by atoms with Crippen molar-refractivity contribution >= 4 is 11.6 Å². The number of hydrogen-bond donors (Lipinski definition) is 0. The van der Waals surface area contributed by atoms with Crippen LogP contribution in [-0.4, -0.2) is 10.9 Å². The van der Waals surface area contributed by atoms with Crippen LogP contribution in [-0.2, 0) is 0 Å². The van der Waals surface area contributed by atoms with Crippen LogP contribution in [0.3, 0.4) is 0 Å². The van der Waals surface area contributed by atoms with E-state index in [4.69, 9.17) is 11.6 Å². The predicted octanol–water partition coefficient (Wildman–Crippen LogP) is 5.36. The number of aromatic nitrogens is 1. The van der Waals surface area contributed by atoms with Crippen molar-refractivity contribution in [1.29, 1.82) is 0 Å². The first-order valence-corrected chi connectivity index (χ1v) is 7.96. The van der Waals surface area contributed by atoms with Gasteiger partial charge in [0.25, 0.3) is 5.56 Å². The third kappa shape index (κ3) is 4.08. The molecule has 0 saturated carbocycles. The minimum absolute atomic E-state index is 0.294. The normalized spacial score (nSPS) is 11.4. The monoisotopic (exact) mass is 379 g/mol. The van der Waals surface area contributed by atoms with Gasteiger partial charge in [-0.25, -0.2) is 0 Å². The second kappa shape index (κ2) is 6.88. The van der Waals surface area contributed by atoms with Crippen LogP contribution in [0.4, 0.5) is 13.2 Å². The van der Waals surface area contributed by atoms with Crippen LogP contribution in [0.15, 0.2) is 65.6 Å². The lowest BCUT2D eigenvalue weighted by atomic mass is 10.0. The predicted molar refractivity (Wildman–Crippen MR) is 93.9 cm³/mol. The number of nitrogens with zero attached hydrogens (tertiary/aromatic N) is 1. The second-order valence-electron chi connectivity index (χ2n) is 5.63. The Labute approximate surface area is 152 Å². The van der Waals surface area contributed by atoms with Crippen molar-refractivity contribution in [2.75, 3.05) is 0 Å². The molecule has 3 aromatic rings. The standard InChI is InChI=1S/C19H13ClF3NO2/c1-12-9-18(25)24(11-17(12)13-3-2-4-14(20)10-13)15-5-7-16(8-6-15)26-19(21,22)23/h2-11H,1H3. The first kappa shape index (κ1) is 18.1. The van der Waals surface area contributed by atoms with Crippen molar-refractivity contribution < 1.29 is 17.9 Å². The van der Waals surface area contributed by atoms with Gasteiger partial charge in [-0.1, -0.05) is 23.7 Å². The van der Waals surface area contributed by atoms with Gasteiger partial charge in [0.15, 0.2) is 0 Å². The summed E-state index contributed by atoms with van der Waals surface area (Å²) in [5.41, 5.74) is 2.53. The molecule has 1 aromatic heterocycles. The van der Waals surface area contributed by atoms with E-state index in [2.05, 4.69) is 4.74 Å². The molecule has 0 spiro atoms. The molecule has 0 N–H and O–H groups in total. The molecule has 0 aliphatic carbocycles. The zero-order valence-corrected chi connectivity index (χ0v) is 14.3. The number of halogens is 4. The second-order valence-corrected chi connectivity index (χ2v) is 6.07. The van der Waals surface area contributed by atoms with Gasteiger partial charge in [-0.2, -0.15) is 0 Å². The van der Waals surface area contributed by atoms with Gasteiger partial charge in [-0.15, -0.1) is 13.2 Å². The molecule has 0 radical (unpaired) electrons. The summed E-state index contributed by atoms with van der Waals surface area (Å²) >= 11 is 6.03. The molecule has 0 bridgehead atoms. The van der Waals surface area contributed by atoms with E-state index in [1.54, 1.807) is 24.4 Å². The minimum atomic E-state index is -4.76. The summed E-state index contributed by atoms with van der Waals surface area (Å²) < 4.78 is 42.0. The third-order valence-electron chi connectivity index (χ3n) is 3.74. The molecule has 0 amide bonds. The molecular weight excluding hydrogens is 367 g/mol. The minimum Gasteiger partial charge on any atom is -0.406 e. The van der Waals surface area contributed by atoms with Crippen LogP contribution in [0.2, 0.25) is 5.02 Å². The van der Waals surface area contributed by atoms with Gasteiger partial charge >= 0.3 is 6.36 Å². The van der Waals surface area contributed by atoms with E-state index in [0.29, 0.717) is 10.7 Å². The van der Waals surface area contributed by atoms with E-state index in [1.807, 2.05) is 13.0 Å². The van der Waals surface area contributed by atoms with E-state index in [-0.39, 0.29) is 11.3 Å². The summed E-state index contributed by atoms with van der Waals surface area (Å²) in [5.74, 6) is -0.350. The third-order valence-corrected chi connectivity index (χ3v) is 3.98. The van der Waals surface area contributed by atoms with Gasteiger partial charge in [0.2, 0.25) is 0 Å². The van der Waals surface area contributed by atoms with Crippen LogP contribution in [0.5, 0.6) is 5.75 Å². The SMILES string of the molecule is Cc1cc(=O)n(-c2ccc(OC(F)(F)F)cc2)cc1-c1cccc(Cl)c1. The number of alkyl halides is 3. The quantitative estimate of drug-likeness (QED) is 0.613. The van der Waals surface area contributed by atoms with E-state index in [1.165, 1.54) is 22.8 Å². The van der Waals surface area contributed by atoms with Crippen LogP contribution in [0.1, 0.15) is 5.56 Å². The summed E-state index contributed by atoms with van der Waals surface area (Å²) in [6.45, 7) is 1.81. The Morgan fingerprint density at radius 3 is 2.35 bits per heavy atom. The number of hydrogen-bond acceptors (Lipinski definition) is 2. The van der Waals surface area contributed by atoms with Gasteiger partial charge in [0, 0.05) is 28.5 Å². The van der Waals surface area contributed by atoms with Crippen LogP contribution < -0.4 is 10.3 Å². The summed E-state index contributed by atoms with van der Waals surface area (Å²) in [6.07, 6.45) is -3.12. The molecular formula is C19H13ClF3NO2. The molecule has 2 aromatic carbocycles. The lowest BCUT2D eigenvalue weighted by Crippen LogP contribution is -2.18. The summed E-state index contributed by atoms with van der Waals surface area (Å²) in [5, 5.41) is 0.563. The Kier molecular flexibility index (Phi) is 4.78. The molecule has 0 unspecified atom stereocenters.